The Morgan fingerprint density at radius 1 is 1.25 bits per heavy atom. The van der Waals surface area contributed by atoms with Gasteiger partial charge in [0.05, 0.1) is 10.5 Å². The molecule has 0 spiro atoms. The minimum absolute atomic E-state index is 0.0578. The van der Waals surface area contributed by atoms with E-state index in [1.807, 2.05) is 0 Å². The van der Waals surface area contributed by atoms with Gasteiger partial charge in [-0.25, -0.2) is 8.42 Å². The van der Waals surface area contributed by atoms with Gasteiger partial charge in [-0.15, -0.1) is 0 Å². The fraction of sp³-hybridized carbons (Fsp3) is 0.909. The SMILES string of the molecule is CC(N)C(C)C(=O)CCS(=O)(=O)C(C)(C)C. The number of hydrogen-bond donors (Lipinski definition) is 1. The van der Waals surface area contributed by atoms with E-state index in [0.717, 1.165) is 0 Å². The molecule has 16 heavy (non-hydrogen) atoms. The summed E-state index contributed by atoms with van der Waals surface area (Å²) < 4.78 is 22.7. The van der Waals surface area contributed by atoms with Gasteiger partial charge in [-0.3, -0.25) is 4.79 Å². The lowest BCUT2D eigenvalue weighted by Crippen LogP contribution is -2.34. The highest BCUT2D eigenvalue weighted by atomic mass is 32.2. The second kappa shape index (κ2) is 5.27. The van der Waals surface area contributed by atoms with E-state index >= 15 is 0 Å². The summed E-state index contributed by atoms with van der Waals surface area (Å²) in [4.78, 5) is 11.6. The minimum atomic E-state index is -3.21. The van der Waals surface area contributed by atoms with Crippen LogP contribution in [0, 0.1) is 5.92 Å². The molecule has 2 N–H and O–H groups in total. The Bertz CT molecular complexity index is 339. The van der Waals surface area contributed by atoms with Crippen LogP contribution < -0.4 is 5.73 Å². The van der Waals surface area contributed by atoms with E-state index in [2.05, 4.69) is 0 Å². The van der Waals surface area contributed by atoms with Gasteiger partial charge >= 0.3 is 0 Å². The highest BCUT2D eigenvalue weighted by Gasteiger charge is 2.30. The quantitative estimate of drug-likeness (QED) is 0.792. The largest absolute Gasteiger partial charge is 0.327 e. The van der Waals surface area contributed by atoms with Crippen LogP contribution in [-0.2, 0) is 14.6 Å². The molecule has 0 aliphatic rings. The van der Waals surface area contributed by atoms with Crippen molar-refractivity contribution in [3.05, 3.63) is 0 Å². The van der Waals surface area contributed by atoms with Crippen LogP contribution in [0.15, 0.2) is 0 Å². The summed E-state index contributed by atoms with van der Waals surface area (Å²) in [6, 6.07) is -0.232. The maximum absolute atomic E-state index is 11.8. The monoisotopic (exact) mass is 249 g/mol. The van der Waals surface area contributed by atoms with E-state index in [0.29, 0.717) is 0 Å². The Labute approximate surface area is 98.5 Å². The van der Waals surface area contributed by atoms with Crippen molar-refractivity contribution in [3.63, 3.8) is 0 Å². The summed E-state index contributed by atoms with van der Waals surface area (Å²) in [5.74, 6) is -0.454. The second-order valence-corrected chi connectivity index (χ2v) is 8.16. The third kappa shape index (κ3) is 4.22. The number of ketones is 1. The van der Waals surface area contributed by atoms with Crippen molar-refractivity contribution in [2.75, 3.05) is 5.75 Å². The third-order valence-electron chi connectivity index (χ3n) is 2.85. The van der Waals surface area contributed by atoms with E-state index in [9.17, 15) is 13.2 Å². The number of sulfone groups is 1. The fourth-order valence-electron chi connectivity index (χ4n) is 1.06. The minimum Gasteiger partial charge on any atom is -0.327 e. The van der Waals surface area contributed by atoms with Crippen LogP contribution in [-0.4, -0.2) is 30.7 Å². The molecule has 0 amide bonds. The predicted octanol–water partition coefficient (Wildman–Crippen LogP) is 1.14. The lowest BCUT2D eigenvalue weighted by molar-refractivity contribution is -0.122. The first-order valence-corrected chi connectivity index (χ1v) is 7.15. The van der Waals surface area contributed by atoms with Gasteiger partial charge in [-0.05, 0) is 27.7 Å². The maximum atomic E-state index is 11.8. The zero-order valence-corrected chi connectivity index (χ0v) is 11.6. The van der Waals surface area contributed by atoms with Crippen LogP contribution in [0.4, 0.5) is 0 Å². The molecule has 0 bridgehead atoms. The molecule has 0 heterocycles. The van der Waals surface area contributed by atoms with Gasteiger partial charge < -0.3 is 5.73 Å². The molecule has 0 radical (unpaired) electrons. The molecule has 0 saturated carbocycles. The summed E-state index contributed by atoms with van der Waals surface area (Å²) in [6.45, 7) is 8.41. The highest BCUT2D eigenvalue weighted by molar-refractivity contribution is 7.92. The van der Waals surface area contributed by atoms with Crippen molar-refractivity contribution in [2.45, 2.75) is 51.8 Å². The van der Waals surface area contributed by atoms with Crippen LogP contribution in [0.3, 0.4) is 0 Å². The Morgan fingerprint density at radius 3 is 2.00 bits per heavy atom. The van der Waals surface area contributed by atoms with Crippen LogP contribution in [0.25, 0.3) is 0 Å². The molecule has 0 aromatic heterocycles. The van der Waals surface area contributed by atoms with E-state index in [1.54, 1.807) is 34.6 Å². The van der Waals surface area contributed by atoms with Crippen LogP contribution in [0.5, 0.6) is 0 Å². The lowest BCUT2D eigenvalue weighted by atomic mass is 9.98. The average molecular weight is 249 g/mol. The van der Waals surface area contributed by atoms with Crippen molar-refractivity contribution >= 4 is 15.6 Å². The standard InChI is InChI=1S/C11H23NO3S/c1-8(9(2)12)10(13)6-7-16(14,15)11(3,4)5/h8-9H,6-7,12H2,1-5H3. The Morgan fingerprint density at radius 2 is 1.69 bits per heavy atom. The Kier molecular flexibility index (Phi) is 5.14. The third-order valence-corrected chi connectivity index (χ3v) is 5.45. The summed E-state index contributed by atoms with van der Waals surface area (Å²) in [5, 5.41) is 0. The highest BCUT2D eigenvalue weighted by Crippen LogP contribution is 2.17. The molecule has 0 aliphatic carbocycles. The van der Waals surface area contributed by atoms with Gasteiger partial charge in [0.25, 0.3) is 0 Å². The molecule has 0 aromatic rings. The lowest BCUT2D eigenvalue weighted by Gasteiger charge is -2.20. The van der Waals surface area contributed by atoms with Crippen molar-refractivity contribution in [2.24, 2.45) is 11.7 Å². The summed E-state index contributed by atoms with van der Waals surface area (Å²) in [7, 11) is -3.21. The number of carbonyl (C=O) groups is 1. The first-order chi connectivity index (χ1) is 6.99. The molecular weight excluding hydrogens is 226 g/mol. The summed E-state index contributed by atoms with van der Waals surface area (Å²) in [5.41, 5.74) is 5.59. The first kappa shape index (κ1) is 15.6. The average Bonchev–Trinajstić information content (AvgIpc) is 2.11. The molecule has 96 valence electrons. The van der Waals surface area contributed by atoms with Crippen molar-refractivity contribution in [1.29, 1.82) is 0 Å². The summed E-state index contributed by atoms with van der Waals surface area (Å²) in [6.07, 6.45) is 0.0578. The smallest absolute Gasteiger partial charge is 0.155 e. The van der Waals surface area contributed by atoms with Gasteiger partial charge in [0.15, 0.2) is 9.84 Å². The van der Waals surface area contributed by atoms with E-state index in [4.69, 9.17) is 5.73 Å². The molecule has 0 saturated heterocycles. The van der Waals surface area contributed by atoms with E-state index in [1.165, 1.54) is 0 Å². The normalized spacial score (nSPS) is 16.9. The van der Waals surface area contributed by atoms with Gasteiger partial charge in [-0.2, -0.15) is 0 Å². The molecule has 0 aliphatic heterocycles. The van der Waals surface area contributed by atoms with Gasteiger partial charge in [0.1, 0.15) is 5.78 Å². The second-order valence-electron chi connectivity index (χ2n) is 5.30. The zero-order chi connectivity index (χ0) is 13.1. The zero-order valence-electron chi connectivity index (χ0n) is 10.8. The maximum Gasteiger partial charge on any atom is 0.155 e. The molecular formula is C11H23NO3S. The molecule has 0 aromatic carbocycles. The van der Waals surface area contributed by atoms with Gasteiger partial charge in [0, 0.05) is 18.4 Å². The number of rotatable bonds is 5. The predicted molar refractivity (Wildman–Crippen MR) is 66.0 cm³/mol. The Hall–Kier alpha value is -0.420. The van der Waals surface area contributed by atoms with Crippen LogP contribution >= 0.6 is 0 Å². The van der Waals surface area contributed by atoms with Crippen LogP contribution in [0.2, 0.25) is 0 Å². The topological polar surface area (TPSA) is 77.2 Å². The van der Waals surface area contributed by atoms with Gasteiger partial charge in [0.2, 0.25) is 0 Å². The molecule has 4 nitrogen and oxygen atoms in total. The molecule has 0 rings (SSSR count). The first-order valence-electron chi connectivity index (χ1n) is 5.49. The van der Waals surface area contributed by atoms with E-state index < -0.39 is 14.6 Å². The number of nitrogens with two attached hydrogens (primary N) is 1. The molecule has 2 unspecified atom stereocenters. The number of hydrogen-bond acceptors (Lipinski definition) is 4. The van der Waals surface area contributed by atoms with Crippen molar-refractivity contribution < 1.29 is 13.2 Å². The number of carbonyl (C=O) groups excluding carboxylic acids is 1. The molecule has 2 atom stereocenters. The molecule has 5 heteroatoms. The van der Waals surface area contributed by atoms with Gasteiger partial charge in [-0.1, -0.05) is 6.92 Å². The fourth-order valence-corrected chi connectivity index (χ4v) is 2.14. The van der Waals surface area contributed by atoms with Crippen molar-refractivity contribution in [1.82, 2.24) is 0 Å². The van der Waals surface area contributed by atoms with Crippen molar-refractivity contribution in [3.8, 4) is 0 Å². The van der Waals surface area contributed by atoms with E-state index in [-0.39, 0.29) is 29.9 Å². The Balaban J connectivity index is 4.44. The van der Waals surface area contributed by atoms with Crippen LogP contribution in [0.1, 0.15) is 41.0 Å². The molecule has 0 fully saturated rings. The summed E-state index contributed by atoms with van der Waals surface area (Å²) >= 11 is 0. The number of Topliss-reactive ketones (excluding diaryl/α,β-unsaturated/α-hetero) is 1.